The molecule has 0 amide bonds. The van der Waals surface area contributed by atoms with Gasteiger partial charge in [-0.1, -0.05) is 18.9 Å². The molecule has 0 nitrogen and oxygen atoms in total. The van der Waals surface area contributed by atoms with Crippen molar-refractivity contribution in [1.82, 2.24) is 0 Å². The van der Waals surface area contributed by atoms with Gasteiger partial charge in [0.15, 0.2) is 0 Å². The van der Waals surface area contributed by atoms with Gasteiger partial charge in [-0.15, -0.1) is 17.2 Å². The molecule has 0 heterocycles. The van der Waals surface area contributed by atoms with Crippen molar-refractivity contribution >= 4 is 23.2 Å². The number of benzene rings is 1. The van der Waals surface area contributed by atoms with Gasteiger partial charge in [-0.2, -0.15) is 29.3 Å². The first kappa shape index (κ1) is 15.0. The van der Waals surface area contributed by atoms with Crippen LogP contribution in [0.1, 0.15) is 11.1 Å². The van der Waals surface area contributed by atoms with Gasteiger partial charge in [0.2, 0.25) is 0 Å². The number of rotatable bonds is 0. The van der Waals surface area contributed by atoms with E-state index in [4.69, 9.17) is 23.2 Å². The van der Waals surface area contributed by atoms with E-state index >= 15 is 0 Å². The summed E-state index contributed by atoms with van der Waals surface area (Å²) < 4.78 is 0. The molecular weight excluding hydrogens is 363 g/mol. The summed E-state index contributed by atoms with van der Waals surface area (Å²) in [5.74, 6) is 0. The Bertz CT molecular complexity index is 236. The topological polar surface area (TPSA) is 0 Å². The molecule has 0 radical (unpaired) electrons. The molecule has 0 aliphatic heterocycles. The second-order valence-electron chi connectivity index (χ2n) is 2.26. The van der Waals surface area contributed by atoms with Crippen LogP contribution in [0.3, 0.4) is 0 Å². The molecule has 1 aromatic rings. The van der Waals surface area contributed by atoms with Crippen molar-refractivity contribution in [1.29, 1.82) is 0 Å². The molecule has 12 heavy (non-hydrogen) atoms. The number of aryl methyl sites for hydroxylation is 2. The molecule has 1 aromatic carbocycles. The first-order valence-corrected chi connectivity index (χ1v) is 3.71. The maximum atomic E-state index is 5.79. The second-order valence-corrected chi connectivity index (χ2v) is 3.02. The molecule has 0 aliphatic rings. The van der Waals surface area contributed by atoms with Gasteiger partial charge >= 0.3 is 21.1 Å². The van der Waals surface area contributed by atoms with Crippen LogP contribution in [0.4, 0.5) is 0 Å². The summed E-state index contributed by atoms with van der Waals surface area (Å²) in [6.45, 7) is 3.87. The van der Waals surface area contributed by atoms with Crippen LogP contribution < -0.4 is 0 Å². The number of halogens is 2. The zero-order chi connectivity index (χ0) is 7.72. The van der Waals surface area contributed by atoms with E-state index in [0.29, 0.717) is 10.0 Å². The number of hydrogen-bond donors (Lipinski definition) is 0. The van der Waals surface area contributed by atoms with Gasteiger partial charge in [0.25, 0.3) is 0 Å². The SMILES string of the molecule is Cc1[c-]c(Cl)c(Cl)c(C)c1.[CH3-].[W+2]. The Morgan fingerprint density at radius 3 is 2.17 bits per heavy atom. The van der Waals surface area contributed by atoms with Crippen molar-refractivity contribution in [2.24, 2.45) is 0 Å². The Morgan fingerprint density at radius 2 is 1.75 bits per heavy atom. The van der Waals surface area contributed by atoms with Gasteiger partial charge in [-0.25, -0.2) is 0 Å². The molecule has 0 atom stereocenters. The molecule has 66 valence electrons. The Labute approximate surface area is 98.5 Å². The van der Waals surface area contributed by atoms with Crippen molar-refractivity contribution in [3.8, 4) is 0 Å². The van der Waals surface area contributed by atoms with Crippen molar-refractivity contribution in [3.05, 3.63) is 40.7 Å². The summed E-state index contributed by atoms with van der Waals surface area (Å²) in [6.07, 6.45) is 0. The smallest absolute Gasteiger partial charge is 0.358 e. The van der Waals surface area contributed by atoms with E-state index in [9.17, 15) is 0 Å². The van der Waals surface area contributed by atoms with Crippen LogP contribution in [0.2, 0.25) is 10.0 Å². The molecule has 3 heteroatoms. The van der Waals surface area contributed by atoms with Crippen LogP contribution in [0.25, 0.3) is 0 Å². The predicted octanol–water partition coefficient (Wildman–Crippen LogP) is 3.86. The zero-order valence-electron chi connectivity index (χ0n) is 7.24. The monoisotopic (exact) mass is 372 g/mol. The Kier molecular flexibility index (Phi) is 7.52. The minimum atomic E-state index is 0. The van der Waals surface area contributed by atoms with Gasteiger partial charge in [-0.05, 0) is 5.02 Å². The molecule has 0 aliphatic carbocycles. The maximum absolute atomic E-state index is 5.79. The first-order valence-electron chi connectivity index (χ1n) is 2.96. The van der Waals surface area contributed by atoms with E-state index in [1.165, 1.54) is 0 Å². The molecular formula is C9H10Cl2W. The van der Waals surface area contributed by atoms with E-state index in [1.54, 1.807) is 0 Å². The molecule has 0 fully saturated rings. The van der Waals surface area contributed by atoms with Crippen LogP contribution in [0.15, 0.2) is 6.07 Å². The van der Waals surface area contributed by atoms with Crippen LogP contribution in [0.5, 0.6) is 0 Å². The Balaban J connectivity index is 0. The zero-order valence-corrected chi connectivity index (χ0v) is 11.7. The quantitative estimate of drug-likeness (QED) is 0.607. The van der Waals surface area contributed by atoms with Gasteiger partial charge < -0.3 is 7.43 Å². The fraction of sp³-hybridized carbons (Fsp3) is 0.222. The van der Waals surface area contributed by atoms with E-state index in [0.717, 1.165) is 11.1 Å². The fourth-order valence-electron chi connectivity index (χ4n) is 0.825. The van der Waals surface area contributed by atoms with Crippen LogP contribution in [-0.2, 0) is 21.1 Å². The summed E-state index contributed by atoms with van der Waals surface area (Å²) in [7, 11) is 0. The average Bonchev–Trinajstić information content (AvgIpc) is 1.82. The molecule has 0 bridgehead atoms. The molecule has 0 aromatic heterocycles. The van der Waals surface area contributed by atoms with E-state index in [1.807, 2.05) is 19.9 Å². The van der Waals surface area contributed by atoms with Crippen LogP contribution in [-0.4, -0.2) is 0 Å². The number of hydrogen-bond acceptors (Lipinski definition) is 0. The second kappa shape index (κ2) is 6.02. The normalized spacial score (nSPS) is 8.33. The van der Waals surface area contributed by atoms with Gasteiger partial charge in [-0.3, -0.25) is 0 Å². The molecule has 0 unspecified atom stereocenters. The van der Waals surface area contributed by atoms with Crippen LogP contribution in [0, 0.1) is 27.3 Å². The van der Waals surface area contributed by atoms with Gasteiger partial charge in [0.1, 0.15) is 0 Å². The molecule has 0 N–H and O–H groups in total. The minimum absolute atomic E-state index is 0. The van der Waals surface area contributed by atoms with Crippen molar-refractivity contribution in [2.75, 3.05) is 0 Å². The first-order chi connectivity index (χ1) is 4.61. The van der Waals surface area contributed by atoms with Gasteiger partial charge in [0, 0.05) is 0 Å². The fourth-order valence-corrected chi connectivity index (χ4v) is 1.23. The third-order valence-corrected chi connectivity index (χ3v) is 2.15. The molecule has 1 rings (SSSR count). The third kappa shape index (κ3) is 3.47. The molecule has 0 saturated heterocycles. The van der Waals surface area contributed by atoms with Crippen molar-refractivity contribution in [3.63, 3.8) is 0 Å². The average molecular weight is 373 g/mol. The Hall–Kier alpha value is 0.488. The maximum Gasteiger partial charge on any atom is 2.00 e. The Morgan fingerprint density at radius 1 is 1.25 bits per heavy atom. The van der Waals surface area contributed by atoms with Crippen LogP contribution >= 0.6 is 23.2 Å². The summed E-state index contributed by atoms with van der Waals surface area (Å²) in [5, 5.41) is 1.12. The molecule has 0 spiro atoms. The third-order valence-electron chi connectivity index (χ3n) is 1.28. The summed E-state index contributed by atoms with van der Waals surface area (Å²) in [6, 6.07) is 4.87. The predicted molar refractivity (Wildman–Crippen MR) is 51.2 cm³/mol. The van der Waals surface area contributed by atoms with Crippen molar-refractivity contribution < 1.29 is 21.1 Å². The summed E-state index contributed by atoms with van der Waals surface area (Å²) in [5.41, 5.74) is 2.02. The van der Waals surface area contributed by atoms with E-state index < -0.39 is 0 Å². The minimum Gasteiger partial charge on any atom is -0.358 e. The standard InChI is InChI=1S/C8H7Cl2.CH3.W/c1-5-3-6(2)8(10)7(9)4-5;;/h3H,1-2H3;1H3;/q2*-1;+2. The summed E-state index contributed by atoms with van der Waals surface area (Å²) >= 11 is 11.5. The van der Waals surface area contributed by atoms with E-state index in [-0.39, 0.29) is 28.5 Å². The largest absolute Gasteiger partial charge is 2.00 e. The van der Waals surface area contributed by atoms with Crippen molar-refractivity contribution in [2.45, 2.75) is 13.8 Å². The molecule has 0 saturated carbocycles. The summed E-state index contributed by atoms with van der Waals surface area (Å²) in [4.78, 5) is 0. The van der Waals surface area contributed by atoms with E-state index in [2.05, 4.69) is 6.07 Å². The van der Waals surface area contributed by atoms with Gasteiger partial charge in [0.05, 0.1) is 0 Å².